The summed E-state index contributed by atoms with van der Waals surface area (Å²) in [4.78, 5) is 12.0. The van der Waals surface area contributed by atoms with Crippen molar-refractivity contribution in [1.82, 2.24) is 0 Å². The van der Waals surface area contributed by atoms with Crippen LogP contribution in [0.4, 0.5) is 4.79 Å². The predicted molar refractivity (Wildman–Crippen MR) is 108 cm³/mol. The van der Waals surface area contributed by atoms with E-state index in [9.17, 15) is 4.79 Å². The van der Waals surface area contributed by atoms with Gasteiger partial charge < -0.3 is 9.47 Å². The Balaban J connectivity index is 2.33. The number of carbonyl (C=O) groups excluding carboxylic acids is 1. The van der Waals surface area contributed by atoms with Crippen LogP contribution >= 0.6 is 0 Å². The lowest BCUT2D eigenvalue weighted by molar-refractivity contribution is 0.0182. The molecule has 0 aliphatic carbocycles. The van der Waals surface area contributed by atoms with Crippen molar-refractivity contribution in [3.05, 3.63) is 35.9 Å². The molecule has 3 heteroatoms. The second kappa shape index (κ2) is 15.7. The zero-order valence-corrected chi connectivity index (χ0v) is 16.9. The molecule has 0 aromatic heterocycles. The number of hydrogen-bond donors (Lipinski definition) is 0. The molecule has 26 heavy (non-hydrogen) atoms. The van der Waals surface area contributed by atoms with Gasteiger partial charge in [0.2, 0.25) is 0 Å². The fourth-order valence-corrected chi connectivity index (χ4v) is 3.08. The summed E-state index contributed by atoms with van der Waals surface area (Å²) < 4.78 is 10.9. The lowest BCUT2D eigenvalue weighted by atomic mass is 10.0. The third-order valence-corrected chi connectivity index (χ3v) is 4.70. The Morgan fingerprint density at radius 1 is 0.808 bits per heavy atom. The molecule has 0 bridgehead atoms. The van der Waals surface area contributed by atoms with E-state index in [1.807, 2.05) is 30.3 Å². The Morgan fingerprint density at radius 2 is 1.38 bits per heavy atom. The summed E-state index contributed by atoms with van der Waals surface area (Å²) in [6.45, 7) is 4.89. The van der Waals surface area contributed by atoms with Crippen LogP contribution in [-0.4, -0.2) is 12.8 Å². The second-order valence-electron chi connectivity index (χ2n) is 7.09. The maximum Gasteiger partial charge on any atom is 0.508 e. The molecule has 0 amide bonds. The van der Waals surface area contributed by atoms with Gasteiger partial charge in [-0.05, 0) is 24.8 Å². The van der Waals surface area contributed by atoms with Crippen LogP contribution < -0.4 is 0 Å². The van der Waals surface area contributed by atoms with Gasteiger partial charge in [-0.15, -0.1) is 0 Å². The molecule has 1 unspecified atom stereocenters. The fraction of sp³-hybridized carbons (Fsp3) is 0.696. The van der Waals surface area contributed by atoms with Gasteiger partial charge in [-0.1, -0.05) is 102 Å². The van der Waals surface area contributed by atoms with E-state index in [2.05, 4.69) is 13.8 Å². The minimum absolute atomic E-state index is 0.199. The average Bonchev–Trinajstić information content (AvgIpc) is 2.67. The smallest absolute Gasteiger partial charge is 0.434 e. The normalized spacial score (nSPS) is 11.9. The molecule has 0 radical (unpaired) electrons. The first kappa shape index (κ1) is 22.5. The number of benzene rings is 1. The SMILES string of the molecule is CCCCCCCCC(OC(=O)OCCCCCCC)c1ccccc1. The molecule has 1 atom stereocenters. The van der Waals surface area contributed by atoms with Crippen LogP contribution in [-0.2, 0) is 9.47 Å². The monoisotopic (exact) mass is 362 g/mol. The first-order valence-electron chi connectivity index (χ1n) is 10.7. The highest BCUT2D eigenvalue weighted by atomic mass is 16.7. The molecule has 1 aromatic carbocycles. The zero-order valence-electron chi connectivity index (χ0n) is 16.9. The van der Waals surface area contributed by atoms with Gasteiger partial charge in [-0.2, -0.15) is 0 Å². The number of hydrogen-bond acceptors (Lipinski definition) is 3. The number of carbonyl (C=O) groups is 1. The van der Waals surface area contributed by atoms with Crippen molar-refractivity contribution >= 4 is 6.16 Å². The summed E-state index contributed by atoms with van der Waals surface area (Å²) in [6.07, 6.45) is 13.3. The maximum absolute atomic E-state index is 12.0. The summed E-state index contributed by atoms with van der Waals surface area (Å²) in [5.41, 5.74) is 1.06. The van der Waals surface area contributed by atoms with Crippen molar-refractivity contribution in [3.8, 4) is 0 Å². The van der Waals surface area contributed by atoms with Gasteiger partial charge in [0, 0.05) is 0 Å². The highest BCUT2D eigenvalue weighted by Crippen LogP contribution is 2.25. The Labute approximate surface area is 160 Å². The van der Waals surface area contributed by atoms with E-state index in [-0.39, 0.29) is 6.10 Å². The van der Waals surface area contributed by atoms with Crippen molar-refractivity contribution in [2.75, 3.05) is 6.61 Å². The van der Waals surface area contributed by atoms with Gasteiger partial charge in [0.1, 0.15) is 6.10 Å². The van der Waals surface area contributed by atoms with E-state index < -0.39 is 6.16 Å². The summed E-state index contributed by atoms with van der Waals surface area (Å²) >= 11 is 0. The Hall–Kier alpha value is -1.51. The topological polar surface area (TPSA) is 35.5 Å². The molecule has 0 fully saturated rings. The molecule has 0 saturated heterocycles. The Morgan fingerprint density at radius 3 is 2.04 bits per heavy atom. The standard InChI is InChI=1S/C23H38O3/c1-3-5-7-9-10-15-19-22(21-17-13-12-14-18-21)26-23(24)25-20-16-11-8-6-4-2/h12-14,17-18,22H,3-11,15-16,19-20H2,1-2H3. The van der Waals surface area contributed by atoms with Crippen LogP contribution in [0, 0.1) is 0 Å². The number of rotatable bonds is 15. The van der Waals surface area contributed by atoms with Crippen molar-refractivity contribution in [1.29, 1.82) is 0 Å². The van der Waals surface area contributed by atoms with Crippen LogP contribution in [0.3, 0.4) is 0 Å². The zero-order chi connectivity index (χ0) is 18.9. The van der Waals surface area contributed by atoms with E-state index in [4.69, 9.17) is 9.47 Å². The Bertz CT molecular complexity index is 444. The van der Waals surface area contributed by atoms with Gasteiger partial charge in [0.25, 0.3) is 0 Å². The molecule has 148 valence electrons. The van der Waals surface area contributed by atoms with Gasteiger partial charge in [-0.3, -0.25) is 0 Å². The molecule has 0 aliphatic heterocycles. The van der Waals surface area contributed by atoms with Crippen LogP contribution in [0.15, 0.2) is 30.3 Å². The molecular formula is C23H38O3. The quantitative estimate of drug-likeness (QED) is 0.238. The average molecular weight is 363 g/mol. The molecule has 1 aromatic rings. The second-order valence-corrected chi connectivity index (χ2v) is 7.09. The van der Waals surface area contributed by atoms with Gasteiger partial charge in [0.15, 0.2) is 0 Å². The molecular weight excluding hydrogens is 324 g/mol. The number of ether oxygens (including phenoxy) is 2. The minimum atomic E-state index is -0.527. The summed E-state index contributed by atoms with van der Waals surface area (Å²) in [5, 5.41) is 0. The summed E-state index contributed by atoms with van der Waals surface area (Å²) in [7, 11) is 0. The van der Waals surface area contributed by atoms with Crippen LogP contribution in [0.1, 0.15) is 103 Å². The third kappa shape index (κ3) is 11.2. The van der Waals surface area contributed by atoms with E-state index in [0.29, 0.717) is 6.61 Å². The minimum Gasteiger partial charge on any atom is -0.434 e. The highest BCUT2D eigenvalue weighted by Gasteiger charge is 2.17. The Kier molecular flexibility index (Phi) is 13.6. The largest absolute Gasteiger partial charge is 0.508 e. The van der Waals surface area contributed by atoms with Gasteiger partial charge in [-0.25, -0.2) is 4.79 Å². The van der Waals surface area contributed by atoms with E-state index in [0.717, 1.165) is 31.2 Å². The lowest BCUT2D eigenvalue weighted by Crippen LogP contribution is -2.14. The van der Waals surface area contributed by atoms with Crippen LogP contribution in [0.25, 0.3) is 0 Å². The number of unbranched alkanes of at least 4 members (excludes halogenated alkanes) is 9. The summed E-state index contributed by atoms with van der Waals surface area (Å²) in [5.74, 6) is 0. The predicted octanol–water partition coefficient (Wildman–Crippen LogP) is 7.60. The van der Waals surface area contributed by atoms with Crippen molar-refractivity contribution in [2.45, 2.75) is 97.0 Å². The van der Waals surface area contributed by atoms with Crippen LogP contribution in [0.5, 0.6) is 0 Å². The molecule has 0 saturated carbocycles. The molecule has 0 heterocycles. The van der Waals surface area contributed by atoms with Gasteiger partial charge >= 0.3 is 6.16 Å². The van der Waals surface area contributed by atoms with E-state index in [1.54, 1.807) is 0 Å². The first-order chi connectivity index (χ1) is 12.8. The lowest BCUT2D eigenvalue weighted by Gasteiger charge is -2.18. The van der Waals surface area contributed by atoms with Crippen LogP contribution in [0.2, 0.25) is 0 Å². The van der Waals surface area contributed by atoms with Crippen molar-refractivity contribution in [3.63, 3.8) is 0 Å². The van der Waals surface area contributed by atoms with Gasteiger partial charge in [0.05, 0.1) is 6.61 Å². The first-order valence-corrected chi connectivity index (χ1v) is 10.7. The molecule has 1 rings (SSSR count). The van der Waals surface area contributed by atoms with Crippen molar-refractivity contribution < 1.29 is 14.3 Å². The van der Waals surface area contributed by atoms with E-state index in [1.165, 1.54) is 51.4 Å². The molecule has 3 nitrogen and oxygen atoms in total. The summed E-state index contributed by atoms with van der Waals surface area (Å²) in [6, 6.07) is 10.0. The molecule has 0 aliphatic rings. The van der Waals surface area contributed by atoms with Crippen molar-refractivity contribution in [2.24, 2.45) is 0 Å². The van der Waals surface area contributed by atoms with E-state index >= 15 is 0 Å². The molecule has 0 N–H and O–H groups in total. The third-order valence-electron chi connectivity index (χ3n) is 4.70. The maximum atomic E-state index is 12.0. The highest BCUT2D eigenvalue weighted by molar-refractivity contribution is 5.60. The molecule has 0 spiro atoms. The fourth-order valence-electron chi connectivity index (χ4n) is 3.08.